The monoisotopic (exact) mass is 219 g/mol. The van der Waals surface area contributed by atoms with Gasteiger partial charge in [-0.15, -0.1) is 5.10 Å². The molecular weight excluding hydrogens is 206 g/mol. The third kappa shape index (κ3) is 2.24. The summed E-state index contributed by atoms with van der Waals surface area (Å²) < 4.78 is 10.4. The van der Waals surface area contributed by atoms with E-state index in [2.05, 4.69) is 15.5 Å². The van der Waals surface area contributed by atoms with Gasteiger partial charge in [-0.2, -0.15) is 0 Å². The van der Waals surface area contributed by atoms with Crippen molar-refractivity contribution in [1.82, 2.24) is 10.2 Å². The Morgan fingerprint density at radius 1 is 1.38 bits per heavy atom. The topological polar surface area (TPSA) is 64.1 Å². The van der Waals surface area contributed by atoms with Crippen molar-refractivity contribution >= 4 is 6.01 Å². The Hall–Kier alpha value is -1.78. The Morgan fingerprint density at radius 2 is 2.31 bits per heavy atom. The standard InChI is InChI=1S/C11H13N3O2/c1-2-8(1)5-10-13-14-11(16-10)12-6-9-3-4-15-7-9/h3-4,7-8H,1-2,5-6H2,(H,12,14). The van der Waals surface area contributed by atoms with Gasteiger partial charge in [0.2, 0.25) is 5.89 Å². The number of nitrogens with zero attached hydrogens (tertiary/aromatic N) is 2. The van der Waals surface area contributed by atoms with Crippen LogP contribution >= 0.6 is 0 Å². The molecule has 0 spiro atoms. The molecular formula is C11H13N3O2. The summed E-state index contributed by atoms with van der Waals surface area (Å²) in [5.74, 6) is 1.50. The number of hydrogen-bond donors (Lipinski definition) is 1. The van der Waals surface area contributed by atoms with Crippen molar-refractivity contribution in [2.45, 2.75) is 25.8 Å². The molecule has 84 valence electrons. The highest BCUT2D eigenvalue weighted by molar-refractivity contribution is 5.21. The third-order valence-electron chi connectivity index (χ3n) is 2.65. The Balaban J connectivity index is 1.55. The molecule has 2 aromatic heterocycles. The summed E-state index contributed by atoms with van der Waals surface area (Å²) in [5.41, 5.74) is 1.06. The first-order valence-corrected chi connectivity index (χ1v) is 5.47. The zero-order valence-electron chi connectivity index (χ0n) is 8.85. The van der Waals surface area contributed by atoms with E-state index in [0.29, 0.717) is 12.6 Å². The highest BCUT2D eigenvalue weighted by Gasteiger charge is 2.24. The van der Waals surface area contributed by atoms with Gasteiger partial charge in [-0.3, -0.25) is 0 Å². The van der Waals surface area contributed by atoms with E-state index in [1.807, 2.05) is 6.07 Å². The minimum Gasteiger partial charge on any atom is -0.472 e. The number of furan rings is 1. The molecule has 1 saturated carbocycles. The largest absolute Gasteiger partial charge is 0.472 e. The molecule has 0 amide bonds. The summed E-state index contributed by atoms with van der Waals surface area (Å²) in [6.07, 6.45) is 6.83. The van der Waals surface area contributed by atoms with Crippen molar-refractivity contribution in [3.63, 3.8) is 0 Å². The predicted octanol–water partition coefficient (Wildman–Crippen LogP) is 2.23. The second-order valence-corrected chi connectivity index (χ2v) is 4.13. The molecule has 1 aliphatic rings. The summed E-state index contributed by atoms with van der Waals surface area (Å²) >= 11 is 0. The fraction of sp³-hybridized carbons (Fsp3) is 0.455. The second kappa shape index (κ2) is 4.00. The van der Waals surface area contributed by atoms with E-state index in [0.717, 1.165) is 23.8 Å². The average Bonchev–Trinajstić information content (AvgIpc) is 2.81. The van der Waals surface area contributed by atoms with Crippen LogP contribution in [-0.4, -0.2) is 10.2 Å². The van der Waals surface area contributed by atoms with Crippen molar-refractivity contribution in [2.24, 2.45) is 5.92 Å². The minimum atomic E-state index is 0.483. The maximum Gasteiger partial charge on any atom is 0.315 e. The molecule has 3 rings (SSSR count). The molecule has 16 heavy (non-hydrogen) atoms. The maximum absolute atomic E-state index is 5.47. The highest BCUT2D eigenvalue weighted by atomic mass is 16.4. The van der Waals surface area contributed by atoms with E-state index in [4.69, 9.17) is 8.83 Å². The van der Waals surface area contributed by atoms with Crippen LogP contribution in [0.25, 0.3) is 0 Å². The fourth-order valence-electron chi connectivity index (χ4n) is 1.55. The lowest BCUT2D eigenvalue weighted by molar-refractivity contribution is 0.491. The van der Waals surface area contributed by atoms with Gasteiger partial charge >= 0.3 is 6.01 Å². The van der Waals surface area contributed by atoms with Gasteiger partial charge in [-0.05, 0) is 24.8 Å². The van der Waals surface area contributed by atoms with Crippen molar-refractivity contribution in [2.75, 3.05) is 5.32 Å². The van der Waals surface area contributed by atoms with Gasteiger partial charge in [-0.1, -0.05) is 5.10 Å². The van der Waals surface area contributed by atoms with Crippen LogP contribution < -0.4 is 5.32 Å². The van der Waals surface area contributed by atoms with Gasteiger partial charge in [0.05, 0.1) is 12.5 Å². The van der Waals surface area contributed by atoms with E-state index in [1.54, 1.807) is 12.5 Å². The fourth-order valence-corrected chi connectivity index (χ4v) is 1.55. The van der Waals surface area contributed by atoms with Crippen LogP contribution in [0.1, 0.15) is 24.3 Å². The number of rotatable bonds is 5. The Bertz CT molecular complexity index is 446. The lowest BCUT2D eigenvalue weighted by atomic mass is 10.3. The lowest BCUT2D eigenvalue weighted by Gasteiger charge is -1.96. The van der Waals surface area contributed by atoms with Gasteiger partial charge in [-0.25, -0.2) is 0 Å². The van der Waals surface area contributed by atoms with Gasteiger partial charge in [0.1, 0.15) is 0 Å². The molecule has 1 aliphatic carbocycles. The van der Waals surface area contributed by atoms with E-state index in [9.17, 15) is 0 Å². The zero-order chi connectivity index (χ0) is 10.8. The van der Waals surface area contributed by atoms with Crippen molar-refractivity contribution in [3.05, 3.63) is 30.0 Å². The van der Waals surface area contributed by atoms with Crippen LogP contribution in [0.5, 0.6) is 0 Å². The molecule has 0 radical (unpaired) electrons. The van der Waals surface area contributed by atoms with Gasteiger partial charge in [0, 0.05) is 18.5 Å². The van der Waals surface area contributed by atoms with E-state index in [1.165, 1.54) is 12.8 Å². The quantitative estimate of drug-likeness (QED) is 0.835. The minimum absolute atomic E-state index is 0.483. The normalized spacial score (nSPS) is 15.2. The SMILES string of the molecule is c1cc(CNc2nnc(CC3CC3)o2)co1. The summed E-state index contributed by atoms with van der Waals surface area (Å²) in [7, 11) is 0. The van der Waals surface area contributed by atoms with Crippen LogP contribution in [0.2, 0.25) is 0 Å². The first kappa shape index (κ1) is 9.45. The molecule has 1 N–H and O–H groups in total. The highest BCUT2D eigenvalue weighted by Crippen LogP contribution is 2.32. The molecule has 1 fully saturated rings. The second-order valence-electron chi connectivity index (χ2n) is 4.13. The zero-order valence-corrected chi connectivity index (χ0v) is 8.85. The van der Waals surface area contributed by atoms with Crippen molar-refractivity contribution < 1.29 is 8.83 Å². The van der Waals surface area contributed by atoms with Crippen LogP contribution in [-0.2, 0) is 13.0 Å². The Kier molecular flexibility index (Phi) is 2.36. The number of nitrogens with one attached hydrogen (secondary N) is 1. The molecule has 0 bridgehead atoms. The van der Waals surface area contributed by atoms with Gasteiger partial charge < -0.3 is 14.2 Å². The molecule has 0 aliphatic heterocycles. The first-order valence-electron chi connectivity index (χ1n) is 5.47. The molecule has 0 atom stereocenters. The van der Waals surface area contributed by atoms with Crippen LogP contribution in [0.3, 0.4) is 0 Å². The molecule has 5 nitrogen and oxygen atoms in total. The average molecular weight is 219 g/mol. The molecule has 0 saturated heterocycles. The first-order chi connectivity index (χ1) is 7.90. The van der Waals surface area contributed by atoms with Crippen molar-refractivity contribution in [1.29, 1.82) is 0 Å². The summed E-state index contributed by atoms with van der Waals surface area (Å²) in [6, 6.07) is 2.38. The van der Waals surface area contributed by atoms with Gasteiger partial charge in [0.15, 0.2) is 0 Å². The number of anilines is 1. The van der Waals surface area contributed by atoms with E-state index in [-0.39, 0.29) is 0 Å². The summed E-state index contributed by atoms with van der Waals surface area (Å²) in [6.45, 7) is 0.640. The number of hydrogen-bond acceptors (Lipinski definition) is 5. The van der Waals surface area contributed by atoms with Crippen LogP contribution in [0.4, 0.5) is 6.01 Å². The third-order valence-corrected chi connectivity index (χ3v) is 2.65. The molecule has 2 aromatic rings. The molecule has 0 unspecified atom stereocenters. The van der Waals surface area contributed by atoms with Crippen molar-refractivity contribution in [3.8, 4) is 0 Å². The lowest BCUT2D eigenvalue weighted by Crippen LogP contribution is -1.97. The predicted molar refractivity (Wildman–Crippen MR) is 56.8 cm³/mol. The molecule has 5 heteroatoms. The van der Waals surface area contributed by atoms with E-state index < -0.39 is 0 Å². The van der Waals surface area contributed by atoms with E-state index >= 15 is 0 Å². The summed E-state index contributed by atoms with van der Waals surface area (Å²) in [4.78, 5) is 0. The maximum atomic E-state index is 5.47. The molecule has 2 heterocycles. The Morgan fingerprint density at radius 3 is 3.06 bits per heavy atom. The van der Waals surface area contributed by atoms with Crippen LogP contribution in [0.15, 0.2) is 27.4 Å². The summed E-state index contributed by atoms with van der Waals surface area (Å²) in [5, 5.41) is 11.0. The smallest absolute Gasteiger partial charge is 0.315 e. The Labute approximate surface area is 92.9 Å². The molecule has 0 aromatic carbocycles. The van der Waals surface area contributed by atoms with Crippen LogP contribution in [0, 0.1) is 5.92 Å². The van der Waals surface area contributed by atoms with Gasteiger partial charge in [0.25, 0.3) is 0 Å². The number of aromatic nitrogens is 2.